The zero-order valence-corrected chi connectivity index (χ0v) is 16.8. The van der Waals surface area contributed by atoms with E-state index < -0.39 is 5.92 Å². The Morgan fingerprint density at radius 3 is 2.38 bits per heavy atom. The molecule has 0 bridgehead atoms. The zero-order chi connectivity index (χ0) is 20.6. The summed E-state index contributed by atoms with van der Waals surface area (Å²) < 4.78 is 13.3. The second-order valence-corrected chi connectivity index (χ2v) is 7.27. The molecule has 1 N–H and O–H groups in total. The first kappa shape index (κ1) is 20.5. The molecule has 0 aliphatic rings. The maximum absolute atomic E-state index is 13.3. The molecule has 3 aromatic rings. The molecule has 0 spiro atoms. The molecule has 1 heterocycles. The van der Waals surface area contributed by atoms with Crippen LogP contribution in [0.1, 0.15) is 22.6 Å². The van der Waals surface area contributed by atoms with Crippen LogP contribution in [0.2, 0.25) is 0 Å². The van der Waals surface area contributed by atoms with Gasteiger partial charge in [-0.15, -0.1) is 0 Å². The molecule has 3 rings (SSSR count). The van der Waals surface area contributed by atoms with Gasteiger partial charge < -0.3 is 10.2 Å². The number of nitrogens with one attached hydrogen (secondary N) is 1. The third-order valence-electron chi connectivity index (χ3n) is 4.92. The van der Waals surface area contributed by atoms with E-state index in [-0.39, 0.29) is 11.7 Å². The van der Waals surface area contributed by atoms with Crippen molar-refractivity contribution in [3.05, 3.63) is 95.6 Å². The number of nitrogens with zero attached hydrogens (tertiary/aromatic N) is 2. The molecule has 0 saturated carbocycles. The van der Waals surface area contributed by atoms with Gasteiger partial charge in [0.05, 0.1) is 5.92 Å². The van der Waals surface area contributed by atoms with Crippen LogP contribution in [-0.4, -0.2) is 31.5 Å². The largest absolute Gasteiger partial charge is 0.378 e. The van der Waals surface area contributed by atoms with Crippen LogP contribution < -0.4 is 10.2 Å². The molecular weight excluding hydrogens is 365 g/mol. The molecule has 0 saturated heterocycles. The highest BCUT2D eigenvalue weighted by atomic mass is 19.1. The lowest BCUT2D eigenvalue weighted by atomic mass is 9.91. The van der Waals surface area contributed by atoms with E-state index >= 15 is 0 Å². The summed E-state index contributed by atoms with van der Waals surface area (Å²) >= 11 is 0. The first-order valence-corrected chi connectivity index (χ1v) is 9.71. The molecule has 150 valence electrons. The Hall–Kier alpha value is -3.21. The molecule has 1 unspecified atom stereocenters. The minimum absolute atomic E-state index is 0.0645. The molecule has 5 heteroatoms. The molecule has 2 aromatic carbocycles. The van der Waals surface area contributed by atoms with Crippen molar-refractivity contribution in [3.63, 3.8) is 0 Å². The van der Waals surface area contributed by atoms with Crippen LogP contribution in [0.25, 0.3) is 0 Å². The topological polar surface area (TPSA) is 45.2 Å². The Kier molecular flexibility index (Phi) is 6.95. The van der Waals surface area contributed by atoms with Gasteiger partial charge in [-0.3, -0.25) is 9.78 Å². The monoisotopic (exact) mass is 391 g/mol. The van der Waals surface area contributed by atoms with Gasteiger partial charge in [-0.2, -0.15) is 0 Å². The van der Waals surface area contributed by atoms with Crippen molar-refractivity contribution in [3.8, 4) is 0 Å². The third kappa shape index (κ3) is 5.88. The molecule has 0 aliphatic heterocycles. The quantitative estimate of drug-likeness (QED) is 0.632. The van der Waals surface area contributed by atoms with E-state index in [0.717, 1.165) is 23.2 Å². The van der Waals surface area contributed by atoms with E-state index in [2.05, 4.69) is 39.5 Å². The number of hydrogen-bond acceptors (Lipinski definition) is 3. The van der Waals surface area contributed by atoms with E-state index in [0.29, 0.717) is 13.0 Å². The fourth-order valence-electron chi connectivity index (χ4n) is 3.23. The molecule has 29 heavy (non-hydrogen) atoms. The van der Waals surface area contributed by atoms with Gasteiger partial charge in [-0.25, -0.2) is 4.39 Å². The summed E-state index contributed by atoms with van der Waals surface area (Å²) in [7, 11) is 4.01. The van der Waals surface area contributed by atoms with Crippen molar-refractivity contribution in [1.82, 2.24) is 10.3 Å². The Labute approximate surface area is 171 Å². The average molecular weight is 391 g/mol. The number of anilines is 1. The predicted octanol–water partition coefficient (Wildman–Crippen LogP) is 3.97. The molecule has 0 radical (unpaired) electrons. The lowest BCUT2D eigenvalue weighted by Gasteiger charge is -2.18. The number of halogens is 1. The standard InChI is InChI=1S/C24H26FN3O/c1-28(2)22-11-5-18(6-12-22)13-15-27-24(29)23(16-19-4-3-14-26-17-19)20-7-9-21(25)10-8-20/h3-12,14,17,23H,13,15-16H2,1-2H3,(H,27,29). The fourth-order valence-corrected chi connectivity index (χ4v) is 3.23. The number of amides is 1. The van der Waals surface area contributed by atoms with Crippen LogP contribution in [0.15, 0.2) is 73.1 Å². The average Bonchev–Trinajstić information content (AvgIpc) is 2.74. The Morgan fingerprint density at radius 2 is 1.76 bits per heavy atom. The van der Waals surface area contributed by atoms with Gasteiger partial charge in [0.25, 0.3) is 0 Å². The van der Waals surface area contributed by atoms with Crippen molar-refractivity contribution >= 4 is 11.6 Å². The summed E-state index contributed by atoms with van der Waals surface area (Å²) in [4.78, 5) is 19.1. The van der Waals surface area contributed by atoms with Gasteiger partial charge >= 0.3 is 0 Å². The van der Waals surface area contributed by atoms with Gasteiger partial charge in [0.1, 0.15) is 5.82 Å². The van der Waals surface area contributed by atoms with Gasteiger partial charge in [0.15, 0.2) is 0 Å². The van der Waals surface area contributed by atoms with Crippen molar-refractivity contribution < 1.29 is 9.18 Å². The highest BCUT2D eigenvalue weighted by molar-refractivity contribution is 5.84. The number of rotatable bonds is 8. The lowest BCUT2D eigenvalue weighted by molar-refractivity contribution is -0.122. The summed E-state index contributed by atoms with van der Waals surface area (Å²) in [5.74, 6) is -0.767. The second kappa shape index (κ2) is 9.82. The summed E-state index contributed by atoms with van der Waals surface area (Å²) in [6, 6.07) is 18.2. The molecule has 4 nitrogen and oxygen atoms in total. The maximum Gasteiger partial charge on any atom is 0.227 e. The first-order valence-electron chi connectivity index (χ1n) is 9.71. The number of benzene rings is 2. The van der Waals surface area contributed by atoms with Crippen molar-refractivity contribution in [2.24, 2.45) is 0 Å². The smallest absolute Gasteiger partial charge is 0.227 e. The van der Waals surface area contributed by atoms with E-state index in [1.807, 2.05) is 26.2 Å². The minimum Gasteiger partial charge on any atom is -0.378 e. The molecule has 1 atom stereocenters. The normalized spacial score (nSPS) is 11.7. The number of carbonyl (C=O) groups excluding carboxylic acids is 1. The molecule has 1 amide bonds. The van der Waals surface area contributed by atoms with Gasteiger partial charge in [0, 0.05) is 38.7 Å². The SMILES string of the molecule is CN(C)c1ccc(CCNC(=O)C(Cc2cccnc2)c2ccc(F)cc2)cc1. The van der Waals surface area contributed by atoms with Crippen molar-refractivity contribution in [1.29, 1.82) is 0 Å². The van der Waals surface area contributed by atoms with Crippen LogP contribution >= 0.6 is 0 Å². The Morgan fingerprint density at radius 1 is 1.03 bits per heavy atom. The summed E-state index contributed by atoms with van der Waals surface area (Å²) in [6.07, 6.45) is 4.74. The highest BCUT2D eigenvalue weighted by Crippen LogP contribution is 2.22. The van der Waals surface area contributed by atoms with Crippen molar-refractivity contribution in [2.75, 3.05) is 25.5 Å². The van der Waals surface area contributed by atoms with E-state index in [4.69, 9.17) is 0 Å². The lowest BCUT2D eigenvalue weighted by Crippen LogP contribution is -2.32. The Balaban J connectivity index is 1.65. The fraction of sp³-hybridized carbons (Fsp3) is 0.250. The zero-order valence-electron chi connectivity index (χ0n) is 16.8. The van der Waals surface area contributed by atoms with Gasteiger partial charge in [-0.05, 0) is 59.9 Å². The van der Waals surface area contributed by atoms with Crippen LogP contribution in [-0.2, 0) is 17.6 Å². The van der Waals surface area contributed by atoms with Crippen LogP contribution in [0.4, 0.5) is 10.1 Å². The van der Waals surface area contributed by atoms with Crippen LogP contribution in [0, 0.1) is 5.82 Å². The third-order valence-corrected chi connectivity index (χ3v) is 4.92. The predicted molar refractivity (Wildman–Crippen MR) is 115 cm³/mol. The number of carbonyl (C=O) groups is 1. The van der Waals surface area contributed by atoms with Crippen LogP contribution in [0.3, 0.4) is 0 Å². The summed E-state index contributed by atoms with van der Waals surface area (Å²) in [5, 5.41) is 3.04. The summed E-state index contributed by atoms with van der Waals surface area (Å²) in [6.45, 7) is 0.547. The number of hydrogen-bond donors (Lipinski definition) is 1. The number of aromatic nitrogens is 1. The van der Waals surface area contributed by atoms with E-state index in [9.17, 15) is 9.18 Å². The number of pyridine rings is 1. The summed E-state index contributed by atoms with van der Waals surface area (Å²) in [5.41, 5.74) is 4.08. The Bertz CT molecular complexity index is 909. The van der Waals surface area contributed by atoms with Gasteiger partial charge in [-0.1, -0.05) is 30.3 Å². The maximum atomic E-state index is 13.3. The minimum atomic E-state index is -0.393. The second-order valence-electron chi connectivity index (χ2n) is 7.27. The molecular formula is C24H26FN3O. The highest BCUT2D eigenvalue weighted by Gasteiger charge is 2.21. The van der Waals surface area contributed by atoms with Gasteiger partial charge in [0.2, 0.25) is 5.91 Å². The van der Waals surface area contributed by atoms with Crippen molar-refractivity contribution in [2.45, 2.75) is 18.8 Å². The van der Waals surface area contributed by atoms with E-state index in [1.54, 1.807) is 24.5 Å². The first-order chi connectivity index (χ1) is 14.0. The molecule has 0 fully saturated rings. The molecule has 1 aromatic heterocycles. The van der Waals surface area contributed by atoms with E-state index in [1.165, 1.54) is 17.7 Å². The van der Waals surface area contributed by atoms with Crippen LogP contribution in [0.5, 0.6) is 0 Å². The molecule has 0 aliphatic carbocycles.